The fraction of sp³-hybridized carbons (Fsp3) is 0.452. The van der Waals surface area contributed by atoms with Crippen molar-refractivity contribution in [1.29, 1.82) is 0 Å². The van der Waals surface area contributed by atoms with Crippen molar-refractivity contribution in [2.45, 2.75) is 165 Å². The van der Waals surface area contributed by atoms with E-state index in [0.29, 0.717) is 28.4 Å². The van der Waals surface area contributed by atoms with Gasteiger partial charge in [0.25, 0.3) is 0 Å². The van der Waals surface area contributed by atoms with Gasteiger partial charge in [-0.15, -0.1) is 0 Å². The van der Waals surface area contributed by atoms with E-state index in [0.717, 1.165) is 89.1 Å². The maximum atomic E-state index is 15.0. The SMILES string of the molecule is CC/C=C\C/C=C\C/C=C\C/C=C\C/C=C\C/C=C\CCC(=O)OC1C(CO)OC(n2ccc(N)nc2=O)C1(F)F.CC/C=C\C/C=C\C/C=C\C/C=C\C/C=C\C/C=C\CCC(=O)OCC1OC(n2ccc(N)nc2=O)C(F)(F)C1O. The van der Waals surface area contributed by atoms with Crippen LogP contribution in [0.1, 0.15) is 129 Å². The number of rotatable bonds is 34. The molecule has 16 nitrogen and oxygen atoms in total. The Bertz CT molecular complexity index is 2700. The third-order valence-electron chi connectivity index (χ3n) is 12.0. The highest BCUT2D eigenvalue weighted by molar-refractivity contribution is 5.70. The average molecular weight is 1150 g/mol. The van der Waals surface area contributed by atoms with Gasteiger partial charge in [-0.25, -0.2) is 9.59 Å². The molecule has 82 heavy (non-hydrogen) atoms. The van der Waals surface area contributed by atoms with Crippen molar-refractivity contribution in [3.63, 3.8) is 0 Å². The zero-order valence-corrected chi connectivity index (χ0v) is 47.0. The number of aromatic nitrogens is 4. The molecule has 4 heterocycles. The van der Waals surface area contributed by atoms with E-state index in [1.807, 2.05) is 36.5 Å². The van der Waals surface area contributed by atoms with Crippen molar-refractivity contribution in [3.05, 3.63) is 191 Å². The van der Waals surface area contributed by atoms with E-state index in [-0.39, 0.29) is 24.5 Å². The number of nitrogens with two attached hydrogens (primary N) is 2. The minimum absolute atomic E-state index is 0.0478. The van der Waals surface area contributed by atoms with Crippen molar-refractivity contribution >= 4 is 23.6 Å². The Morgan fingerprint density at radius 1 is 0.549 bits per heavy atom. The fourth-order valence-corrected chi connectivity index (χ4v) is 7.70. The Morgan fingerprint density at radius 3 is 1.23 bits per heavy atom. The van der Waals surface area contributed by atoms with E-state index in [4.69, 9.17) is 30.4 Å². The summed E-state index contributed by atoms with van der Waals surface area (Å²) in [7, 11) is 0. The molecule has 2 fully saturated rings. The second-order valence-electron chi connectivity index (χ2n) is 18.6. The second kappa shape index (κ2) is 40.0. The van der Waals surface area contributed by atoms with Crippen molar-refractivity contribution in [3.8, 4) is 0 Å². The molecule has 2 saturated heterocycles. The van der Waals surface area contributed by atoms with E-state index in [9.17, 15) is 38.2 Å². The number of anilines is 2. The molecule has 0 saturated carbocycles. The number of carbonyl (C=O) groups excluding carboxylic acids is 2. The summed E-state index contributed by atoms with van der Waals surface area (Å²) in [6, 6.07) is 2.33. The predicted octanol–water partition coefficient (Wildman–Crippen LogP) is 11.5. The summed E-state index contributed by atoms with van der Waals surface area (Å²) in [5.74, 6) is -9.32. The molecule has 0 bridgehead atoms. The number of alkyl halides is 4. The Morgan fingerprint density at radius 2 is 0.878 bits per heavy atom. The topological polar surface area (TPSA) is 233 Å². The van der Waals surface area contributed by atoms with Crippen LogP contribution in [0.3, 0.4) is 0 Å². The number of nitrogens with zero attached hydrogens (tertiary/aromatic N) is 4. The first-order valence-corrected chi connectivity index (χ1v) is 27.8. The lowest BCUT2D eigenvalue weighted by Crippen LogP contribution is -2.44. The highest BCUT2D eigenvalue weighted by Crippen LogP contribution is 2.44. The van der Waals surface area contributed by atoms with E-state index in [1.165, 1.54) is 6.07 Å². The quantitative estimate of drug-likeness (QED) is 0.0290. The van der Waals surface area contributed by atoms with Crippen LogP contribution in [-0.4, -0.2) is 90.7 Å². The lowest BCUT2D eigenvalue weighted by Gasteiger charge is -2.24. The van der Waals surface area contributed by atoms with Gasteiger partial charge in [0.1, 0.15) is 30.5 Å². The average Bonchev–Trinajstić information content (AvgIpc) is 4.07. The lowest BCUT2D eigenvalue weighted by molar-refractivity contribution is -0.176. The van der Waals surface area contributed by atoms with Gasteiger partial charge >= 0.3 is 35.2 Å². The van der Waals surface area contributed by atoms with E-state index >= 15 is 8.78 Å². The summed E-state index contributed by atoms with van der Waals surface area (Å²) in [6.07, 6.45) is 51.9. The smallest absolute Gasteiger partial charge is 0.351 e. The van der Waals surface area contributed by atoms with Gasteiger partial charge in [0.15, 0.2) is 12.2 Å². The largest absolute Gasteiger partial charge is 0.463 e. The summed E-state index contributed by atoms with van der Waals surface area (Å²) in [6.45, 7) is 2.85. The monoisotopic (exact) mass is 1150 g/mol. The molecule has 4 rings (SSSR count). The van der Waals surface area contributed by atoms with Gasteiger partial charge in [0.05, 0.1) is 6.61 Å². The minimum Gasteiger partial charge on any atom is -0.463 e. The number of carbonyl (C=O) groups is 2. The molecule has 2 aromatic heterocycles. The maximum Gasteiger partial charge on any atom is 0.351 e. The first kappa shape index (κ1) is 69.0. The number of allylic oxidation sites excluding steroid dienone is 24. The molecule has 0 amide bonds. The molecule has 0 spiro atoms. The first-order valence-electron chi connectivity index (χ1n) is 27.8. The van der Waals surface area contributed by atoms with E-state index in [2.05, 4.69) is 127 Å². The van der Waals surface area contributed by atoms with Gasteiger partial charge < -0.3 is 40.6 Å². The van der Waals surface area contributed by atoms with Crippen LogP contribution >= 0.6 is 0 Å². The van der Waals surface area contributed by atoms with Crippen molar-refractivity contribution in [2.75, 3.05) is 24.7 Å². The Balaban J connectivity index is 0.000000430. The summed E-state index contributed by atoms with van der Waals surface area (Å²) in [5, 5.41) is 19.5. The van der Waals surface area contributed by atoms with Crippen LogP contribution in [0, 0.1) is 0 Å². The molecular formula is C62H82F4N6O10. The third kappa shape index (κ3) is 26.1. The van der Waals surface area contributed by atoms with Gasteiger partial charge in [-0.1, -0.05) is 160 Å². The van der Waals surface area contributed by atoms with E-state index in [1.54, 1.807) is 6.08 Å². The van der Waals surface area contributed by atoms with E-state index < -0.39 is 85.2 Å². The van der Waals surface area contributed by atoms with Crippen molar-refractivity contribution < 1.29 is 56.3 Å². The van der Waals surface area contributed by atoms with Gasteiger partial charge in [0, 0.05) is 25.2 Å². The molecule has 448 valence electrons. The first-order chi connectivity index (χ1) is 39.6. The number of aliphatic hydroxyl groups is 2. The number of esters is 2. The van der Waals surface area contributed by atoms with Gasteiger partial charge in [-0.05, 0) is 102 Å². The Hall–Kier alpha value is -7.26. The molecule has 2 aliphatic heterocycles. The number of halogens is 4. The predicted molar refractivity (Wildman–Crippen MR) is 312 cm³/mol. The molecule has 0 aliphatic carbocycles. The molecule has 20 heteroatoms. The minimum atomic E-state index is -3.80. The van der Waals surface area contributed by atoms with Crippen LogP contribution in [0.5, 0.6) is 0 Å². The van der Waals surface area contributed by atoms with Crippen LogP contribution in [0.25, 0.3) is 0 Å². The zero-order chi connectivity index (χ0) is 59.9. The normalized spacial score (nSPS) is 21.1. The molecule has 2 aliphatic rings. The molecule has 0 aromatic carbocycles. The molecule has 6 atom stereocenters. The summed E-state index contributed by atoms with van der Waals surface area (Å²) >= 11 is 0. The number of aliphatic hydroxyl groups excluding tert-OH is 2. The lowest BCUT2D eigenvalue weighted by atomic mass is 10.1. The molecule has 6 unspecified atom stereocenters. The van der Waals surface area contributed by atoms with Crippen LogP contribution in [0.15, 0.2) is 180 Å². The molecule has 6 N–H and O–H groups in total. The molecule has 2 aromatic rings. The third-order valence-corrected chi connectivity index (χ3v) is 12.0. The maximum absolute atomic E-state index is 15.0. The van der Waals surface area contributed by atoms with Gasteiger partial charge in [-0.3, -0.25) is 18.7 Å². The van der Waals surface area contributed by atoms with Crippen molar-refractivity contribution in [1.82, 2.24) is 19.1 Å². The highest BCUT2D eigenvalue weighted by Gasteiger charge is 2.62. The summed E-state index contributed by atoms with van der Waals surface area (Å²) in [4.78, 5) is 55.0. The highest BCUT2D eigenvalue weighted by atomic mass is 19.3. The van der Waals surface area contributed by atoms with Gasteiger partial charge in [-0.2, -0.15) is 27.5 Å². The van der Waals surface area contributed by atoms with Crippen molar-refractivity contribution in [2.24, 2.45) is 0 Å². The number of nitrogen functional groups attached to an aromatic ring is 2. The summed E-state index contributed by atoms with van der Waals surface area (Å²) in [5.41, 5.74) is 8.69. The Kier molecular flexibility index (Phi) is 33.7. The van der Waals surface area contributed by atoms with Crippen LogP contribution in [0.4, 0.5) is 29.2 Å². The fourth-order valence-electron chi connectivity index (χ4n) is 7.70. The Labute approximate surface area is 478 Å². The number of hydrogen-bond donors (Lipinski definition) is 4. The standard InChI is InChI=1S/2C31H41F2N3O5/c1-2-3-4-5-6-7-8-9-10-11-12-13-14-15-16-17-18-19-20-21-27(37)40-24-25-28(38)31(32,33)29(41-25)36-23-22-26(34)35-30(36)39;1-2-3-4-5-6-7-8-9-10-11-12-13-14-15-16-17-18-19-20-21-27(38)41-28-25(24-37)40-29(31(28,32)33)36-23-22-26(34)35-30(36)39/h3-4,6-7,9-10,12-13,15-16,18-19,22-23,25,28-29,38H,2,5,8,11,14,17,20-21,24H2,1H3,(H2,34,35,39);3-4,6-7,9-10,12-13,15-16,18-19,22-23,25,28-29,37H,2,5,8,11,14,17,20-21,24H2,1H3,(H2,34,35,39)/b2*4-3-,7-6-,10-9-,13-12-,16-15-,19-18-. The van der Waals surface area contributed by atoms with Crippen LogP contribution in [0.2, 0.25) is 0 Å². The number of ether oxygens (including phenoxy) is 4. The molecular weight excluding hydrogens is 1060 g/mol. The zero-order valence-electron chi connectivity index (χ0n) is 47.0. The second-order valence-corrected chi connectivity index (χ2v) is 18.6. The molecule has 0 radical (unpaired) electrons. The number of hydrogen-bond acceptors (Lipinski definition) is 14. The van der Waals surface area contributed by atoms with Gasteiger partial charge in [0.2, 0.25) is 12.5 Å². The summed E-state index contributed by atoms with van der Waals surface area (Å²) < 4.78 is 80.6. The van der Waals surface area contributed by atoms with Crippen LogP contribution < -0.4 is 22.8 Å². The van der Waals surface area contributed by atoms with Crippen LogP contribution in [-0.2, 0) is 28.5 Å².